The number of para-hydroxylation sites is 2. The maximum atomic E-state index is 9.32. The summed E-state index contributed by atoms with van der Waals surface area (Å²) in [5, 5.41) is 10.4. The second-order valence-corrected chi connectivity index (χ2v) is 5.09. The monoisotopic (exact) mass is 285 g/mol. The standard InChI is InChI=1S/C19H15N3/c20-12-16(14-21-18-7-2-1-3-8-18)10-15-11-17-6-4-5-9-19(17)22-13-15/h1-9,11,13-14,16H,10H2. The number of benzene rings is 2. The lowest BCUT2D eigenvalue weighted by Crippen LogP contribution is -2.03. The van der Waals surface area contributed by atoms with Gasteiger partial charge in [-0.25, -0.2) is 0 Å². The molecule has 0 bridgehead atoms. The third-order valence-electron chi connectivity index (χ3n) is 3.43. The highest BCUT2D eigenvalue weighted by Crippen LogP contribution is 2.16. The Morgan fingerprint density at radius 1 is 1.09 bits per heavy atom. The van der Waals surface area contributed by atoms with Crippen LogP contribution in [0.15, 0.2) is 71.9 Å². The smallest absolute Gasteiger partial charge is 0.0856 e. The second kappa shape index (κ2) is 6.64. The van der Waals surface area contributed by atoms with Crippen LogP contribution in [0, 0.1) is 17.2 Å². The van der Waals surface area contributed by atoms with E-state index in [1.807, 2.05) is 60.8 Å². The van der Waals surface area contributed by atoms with Gasteiger partial charge in [-0.05, 0) is 36.2 Å². The molecule has 0 aliphatic rings. The van der Waals surface area contributed by atoms with E-state index in [4.69, 9.17) is 0 Å². The molecule has 3 rings (SSSR count). The van der Waals surface area contributed by atoms with Gasteiger partial charge in [0.25, 0.3) is 0 Å². The van der Waals surface area contributed by atoms with Crippen molar-refractivity contribution in [1.82, 2.24) is 4.98 Å². The van der Waals surface area contributed by atoms with Gasteiger partial charge in [-0.1, -0.05) is 36.4 Å². The first-order valence-electron chi connectivity index (χ1n) is 7.18. The number of hydrogen-bond donors (Lipinski definition) is 0. The van der Waals surface area contributed by atoms with Crippen molar-refractivity contribution >= 4 is 22.8 Å². The van der Waals surface area contributed by atoms with Gasteiger partial charge >= 0.3 is 0 Å². The Bertz CT molecular complexity index is 832. The van der Waals surface area contributed by atoms with Gasteiger partial charge in [-0.3, -0.25) is 9.98 Å². The van der Waals surface area contributed by atoms with Crippen LogP contribution in [-0.4, -0.2) is 11.2 Å². The molecule has 0 fully saturated rings. The first-order chi connectivity index (χ1) is 10.8. The van der Waals surface area contributed by atoms with E-state index in [1.54, 1.807) is 6.21 Å². The molecule has 3 aromatic rings. The number of pyridine rings is 1. The van der Waals surface area contributed by atoms with Gasteiger partial charge in [0.1, 0.15) is 0 Å². The van der Waals surface area contributed by atoms with Gasteiger partial charge in [0.05, 0.1) is 23.2 Å². The molecule has 0 aliphatic carbocycles. The maximum absolute atomic E-state index is 9.32. The lowest BCUT2D eigenvalue weighted by Gasteiger charge is -2.05. The minimum Gasteiger partial charge on any atom is -0.260 e. The SMILES string of the molecule is N#CC(C=Nc1ccccc1)Cc1cnc2ccccc2c1. The number of aromatic nitrogens is 1. The zero-order valence-electron chi connectivity index (χ0n) is 12.1. The summed E-state index contributed by atoms with van der Waals surface area (Å²) >= 11 is 0. The Morgan fingerprint density at radius 2 is 1.86 bits per heavy atom. The molecule has 106 valence electrons. The number of hydrogen-bond acceptors (Lipinski definition) is 3. The predicted octanol–water partition coefficient (Wildman–Crippen LogP) is 4.32. The zero-order valence-corrected chi connectivity index (χ0v) is 12.1. The summed E-state index contributed by atoms with van der Waals surface area (Å²) in [6, 6.07) is 22.0. The van der Waals surface area contributed by atoms with Crippen molar-refractivity contribution in [2.45, 2.75) is 6.42 Å². The van der Waals surface area contributed by atoms with Gasteiger partial charge in [-0.15, -0.1) is 0 Å². The van der Waals surface area contributed by atoms with E-state index in [2.05, 4.69) is 22.1 Å². The molecule has 0 spiro atoms. The molecule has 0 radical (unpaired) electrons. The largest absolute Gasteiger partial charge is 0.260 e. The molecule has 1 aromatic heterocycles. The van der Waals surface area contributed by atoms with Crippen molar-refractivity contribution in [3.05, 3.63) is 72.4 Å². The van der Waals surface area contributed by atoms with E-state index in [0.717, 1.165) is 22.2 Å². The van der Waals surface area contributed by atoms with Crippen LogP contribution in [0.3, 0.4) is 0 Å². The van der Waals surface area contributed by atoms with E-state index in [-0.39, 0.29) is 5.92 Å². The molecule has 3 heteroatoms. The van der Waals surface area contributed by atoms with E-state index >= 15 is 0 Å². The van der Waals surface area contributed by atoms with Crippen LogP contribution in [0.25, 0.3) is 10.9 Å². The average molecular weight is 285 g/mol. The van der Waals surface area contributed by atoms with Crippen molar-refractivity contribution < 1.29 is 0 Å². The summed E-state index contributed by atoms with van der Waals surface area (Å²) in [5.41, 5.74) is 2.88. The quantitative estimate of drug-likeness (QED) is 0.670. The fourth-order valence-electron chi connectivity index (χ4n) is 2.30. The topological polar surface area (TPSA) is 49.0 Å². The number of fused-ring (bicyclic) bond motifs is 1. The van der Waals surface area contributed by atoms with Crippen molar-refractivity contribution in [1.29, 1.82) is 5.26 Å². The minimum absolute atomic E-state index is 0.261. The Balaban J connectivity index is 1.77. The first kappa shape index (κ1) is 14.0. The van der Waals surface area contributed by atoms with Gasteiger partial charge in [0, 0.05) is 17.8 Å². The fourth-order valence-corrected chi connectivity index (χ4v) is 2.30. The lowest BCUT2D eigenvalue weighted by atomic mass is 10.0. The number of nitriles is 1. The third kappa shape index (κ3) is 3.36. The van der Waals surface area contributed by atoms with Gasteiger partial charge in [-0.2, -0.15) is 5.26 Å². The summed E-state index contributed by atoms with van der Waals surface area (Å²) in [6.07, 6.45) is 4.16. The lowest BCUT2D eigenvalue weighted by molar-refractivity contribution is 0.876. The summed E-state index contributed by atoms with van der Waals surface area (Å²) in [7, 11) is 0. The number of aliphatic imine (C=N–C) groups is 1. The molecule has 0 N–H and O–H groups in total. The van der Waals surface area contributed by atoms with Crippen LogP contribution in [0.1, 0.15) is 5.56 Å². The Labute approximate surface area is 129 Å². The van der Waals surface area contributed by atoms with E-state index in [9.17, 15) is 5.26 Å². The average Bonchev–Trinajstić information content (AvgIpc) is 2.59. The van der Waals surface area contributed by atoms with Crippen molar-refractivity contribution in [3.63, 3.8) is 0 Å². The molecule has 0 saturated carbocycles. The van der Waals surface area contributed by atoms with Crippen molar-refractivity contribution in [2.75, 3.05) is 0 Å². The third-order valence-corrected chi connectivity index (χ3v) is 3.43. The summed E-state index contributed by atoms with van der Waals surface area (Å²) in [6.45, 7) is 0. The highest BCUT2D eigenvalue weighted by Gasteiger charge is 2.07. The molecule has 2 aromatic carbocycles. The molecular weight excluding hydrogens is 270 g/mol. The highest BCUT2D eigenvalue weighted by molar-refractivity contribution is 5.79. The fraction of sp³-hybridized carbons (Fsp3) is 0.105. The van der Waals surface area contributed by atoms with Crippen molar-refractivity contribution in [3.8, 4) is 6.07 Å². The van der Waals surface area contributed by atoms with Crippen LogP contribution in [0.4, 0.5) is 5.69 Å². The Morgan fingerprint density at radius 3 is 2.68 bits per heavy atom. The van der Waals surface area contributed by atoms with Crippen LogP contribution in [-0.2, 0) is 6.42 Å². The van der Waals surface area contributed by atoms with E-state index in [0.29, 0.717) is 6.42 Å². The number of rotatable bonds is 4. The first-order valence-corrected chi connectivity index (χ1v) is 7.18. The number of nitrogens with zero attached hydrogens (tertiary/aromatic N) is 3. The zero-order chi connectivity index (χ0) is 15.2. The van der Waals surface area contributed by atoms with Gasteiger partial charge in [0.2, 0.25) is 0 Å². The molecule has 0 amide bonds. The van der Waals surface area contributed by atoms with E-state index < -0.39 is 0 Å². The Hall–Kier alpha value is -2.99. The van der Waals surface area contributed by atoms with Crippen LogP contribution < -0.4 is 0 Å². The second-order valence-electron chi connectivity index (χ2n) is 5.09. The summed E-state index contributed by atoms with van der Waals surface area (Å²) < 4.78 is 0. The van der Waals surface area contributed by atoms with Crippen molar-refractivity contribution in [2.24, 2.45) is 10.9 Å². The molecule has 0 aliphatic heterocycles. The van der Waals surface area contributed by atoms with Crippen LogP contribution >= 0.6 is 0 Å². The van der Waals surface area contributed by atoms with Crippen LogP contribution in [0.5, 0.6) is 0 Å². The maximum Gasteiger partial charge on any atom is 0.0856 e. The molecule has 1 heterocycles. The molecule has 3 nitrogen and oxygen atoms in total. The molecule has 0 saturated heterocycles. The van der Waals surface area contributed by atoms with Gasteiger partial charge < -0.3 is 0 Å². The molecule has 1 atom stereocenters. The Kier molecular flexibility index (Phi) is 4.22. The van der Waals surface area contributed by atoms with E-state index in [1.165, 1.54) is 0 Å². The summed E-state index contributed by atoms with van der Waals surface area (Å²) in [4.78, 5) is 8.80. The highest BCUT2D eigenvalue weighted by atomic mass is 14.7. The molecule has 1 unspecified atom stereocenters. The molecular formula is C19H15N3. The van der Waals surface area contributed by atoms with Crippen LogP contribution in [0.2, 0.25) is 0 Å². The minimum atomic E-state index is -0.261. The van der Waals surface area contributed by atoms with Gasteiger partial charge in [0.15, 0.2) is 0 Å². The summed E-state index contributed by atoms with van der Waals surface area (Å²) in [5.74, 6) is -0.261. The molecule has 22 heavy (non-hydrogen) atoms. The normalized spacial score (nSPS) is 12.3. The predicted molar refractivity (Wildman–Crippen MR) is 89.1 cm³/mol.